The lowest BCUT2D eigenvalue weighted by molar-refractivity contribution is -0.139. The van der Waals surface area contributed by atoms with Gasteiger partial charge in [0.1, 0.15) is 11.6 Å². The van der Waals surface area contributed by atoms with Crippen LogP contribution in [0.25, 0.3) is 0 Å². The van der Waals surface area contributed by atoms with Crippen LogP contribution >= 0.6 is 0 Å². The van der Waals surface area contributed by atoms with Gasteiger partial charge in [0.15, 0.2) is 6.10 Å². The quantitative estimate of drug-likeness (QED) is 0.464. The van der Waals surface area contributed by atoms with Crippen LogP contribution in [-0.4, -0.2) is 22.8 Å². The van der Waals surface area contributed by atoms with Crippen molar-refractivity contribution in [3.63, 3.8) is 0 Å². The van der Waals surface area contributed by atoms with E-state index in [4.69, 9.17) is 4.74 Å². The number of halogens is 4. The molecular formula is C26H22F4N2O3. The molecule has 4 rings (SSSR count). The summed E-state index contributed by atoms with van der Waals surface area (Å²) in [7, 11) is 0. The number of nitrogens with zero attached hydrogens (tertiary/aromatic N) is 1. The molecule has 1 N–H and O–H groups in total. The number of carbonyl (C=O) groups is 2. The van der Waals surface area contributed by atoms with Gasteiger partial charge in [-0.05, 0) is 66.6 Å². The van der Waals surface area contributed by atoms with Gasteiger partial charge in [-0.2, -0.15) is 13.2 Å². The van der Waals surface area contributed by atoms with Crippen molar-refractivity contribution in [1.82, 2.24) is 4.90 Å². The number of fused-ring (bicyclic) bond motifs is 1. The Morgan fingerprint density at radius 1 is 1.09 bits per heavy atom. The minimum Gasteiger partial charge on any atom is -0.480 e. The Hall–Kier alpha value is -3.88. The summed E-state index contributed by atoms with van der Waals surface area (Å²) in [5, 5.41) is 2.73. The highest BCUT2D eigenvalue weighted by Gasteiger charge is 2.32. The average Bonchev–Trinajstić information content (AvgIpc) is 2.95. The molecule has 0 bridgehead atoms. The van der Waals surface area contributed by atoms with Gasteiger partial charge >= 0.3 is 6.18 Å². The highest BCUT2D eigenvalue weighted by molar-refractivity contribution is 6.04. The van der Waals surface area contributed by atoms with Crippen LogP contribution < -0.4 is 10.1 Å². The number of amides is 2. The second-order valence-corrected chi connectivity index (χ2v) is 8.19. The predicted molar refractivity (Wildman–Crippen MR) is 121 cm³/mol. The fourth-order valence-electron chi connectivity index (χ4n) is 3.85. The molecule has 5 nitrogen and oxygen atoms in total. The zero-order valence-electron chi connectivity index (χ0n) is 18.7. The third-order valence-corrected chi connectivity index (χ3v) is 5.64. The van der Waals surface area contributed by atoms with Crippen LogP contribution in [0, 0.1) is 5.82 Å². The van der Waals surface area contributed by atoms with Gasteiger partial charge in [0.25, 0.3) is 11.8 Å². The van der Waals surface area contributed by atoms with Gasteiger partial charge in [-0.25, -0.2) is 4.39 Å². The van der Waals surface area contributed by atoms with Crippen LogP contribution in [0.2, 0.25) is 0 Å². The molecule has 0 unspecified atom stereocenters. The molecule has 0 aromatic heterocycles. The third-order valence-electron chi connectivity index (χ3n) is 5.64. The van der Waals surface area contributed by atoms with E-state index in [1.165, 1.54) is 41.3 Å². The molecule has 3 aromatic rings. The zero-order valence-corrected chi connectivity index (χ0v) is 18.7. The summed E-state index contributed by atoms with van der Waals surface area (Å²) >= 11 is 0. The average molecular weight is 486 g/mol. The maximum atomic E-state index is 13.1. The van der Waals surface area contributed by atoms with Crippen molar-refractivity contribution in [1.29, 1.82) is 0 Å². The first-order valence-corrected chi connectivity index (χ1v) is 11.0. The van der Waals surface area contributed by atoms with Gasteiger partial charge in [-0.1, -0.05) is 19.1 Å². The summed E-state index contributed by atoms with van der Waals surface area (Å²) < 4.78 is 58.5. The maximum absolute atomic E-state index is 13.1. The van der Waals surface area contributed by atoms with E-state index in [2.05, 4.69) is 5.32 Å². The summed E-state index contributed by atoms with van der Waals surface area (Å²) in [6.45, 7) is 1.84. The van der Waals surface area contributed by atoms with Crippen molar-refractivity contribution in [2.24, 2.45) is 0 Å². The number of nitrogens with one attached hydrogen (secondary N) is 1. The fraction of sp³-hybridized carbons (Fsp3) is 0.231. The molecule has 35 heavy (non-hydrogen) atoms. The molecule has 0 saturated carbocycles. The zero-order chi connectivity index (χ0) is 25.2. The van der Waals surface area contributed by atoms with E-state index in [1.807, 2.05) is 0 Å². The highest BCUT2D eigenvalue weighted by Crippen LogP contribution is 2.32. The molecule has 2 amide bonds. The minimum absolute atomic E-state index is 0.0335. The number of benzene rings is 3. The Kier molecular flexibility index (Phi) is 6.77. The molecule has 0 saturated heterocycles. The topological polar surface area (TPSA) is 58.6 Å². The molecule has 0 aliphatic carbocycles. The fourth-order valence-corrected chi connectivity index (χ4v) is 3.85. The van der Waals surface area contributed by atoms with Gasteiger partial charge in [-0.15, -0.1) is 0 Å². The lowest BCUT2D eigenvalue weighted by Gasteiger charge is -2.23. The van der Waals surface area contributed by atoms with Crippen LogP contribution in [0.4, 0.5) is 23.2 Å². The molecule has 3 aromatic carbocycles. The van der Waals surface area contributed by atoms with Crippen molar-refractivity contribution < 1.29 is 31.9 Å². The van der Waals surface area contributed by atoms with E-state index in [-0.39, 0.29) is 24.6 Å². The second-order valence-electron chi connectivity index (χ2n) is 8.19. The van der Waals surface area contributed by atoms with E-state index in [0.29, 0.717) is 29.0 Å². The van der Waals surface area contributed by atoms with Gasteiger partial charge < -0.3 is 15.0 Å². The van der Waals surface area contributed by atoms with Crippen molar-refractivity contribution in [3.05, 3.63) is 94.8 Å². The summed E-state index contributed by atoms with van der Waals surface area (Å²) in [5.41, 5.74) is 0.852. The Labute approximate surface area is 199 Å². The van der Waals surface area contributed by atoms with E-state index in [0.717, 1.165) is 12.1 Å². The van der Waals surface area contributed by atoms with Gasteiger partial charge in [0.2, 0.25) is 0 Å². The summed E-state index contributed by atoms with van der Waals surface area (Å²) in [4.78, 5) is 27.0. The number of carbonyl (C=O) groups excluding carboxylic acids is 2. The molecule has 1 atom stereocenters. The first kappa shape index (κ1) is 24.3. The predicted octanol–water partition coefficient (Wildman–Crippen LogP) is 5.80. The number of rotatable bonds is 5. The molecular weight excluding hydrogens is 464 g/mol. The van der Waals surface area contributed by atoms with Crippen molar-refractivity contribution >= 4 is 17.5 Å². The van der Waals surface area contributed by atoms with Crippen molar-refractivity contribution in [2.45, 2.75) is 38.7 Å². The number of hydrogen-bond acceptors (Lipinski definition) is 3. The summed E-state index contributed by atoms with van der Waals surface area (Å²) in [6, 6.07) is 14.9. The van der Waals surface area contributed by atoms with E-state index in [1.54, 1.807) is 25.1 Å². The number of alkyl halides is 3. The molecule has 1 aliphatic rings. The Morgan fingerprint density at radius 3 is 2.51 bits per heavy atom. The SMILES string of the molecule is CC[C@H]1Oc2ccc(NC(=O)c3ccc(F)cc3)cc2CN(Cc2cccc(C(F)(F)F)c2)C1=O. The Morgan fingerprint density at radius 2 is 1.83 bits per heavy atom. The number of anilines is 1. The minimum atomic E-state index is -4.49. The largest absolute Gasteiger partial charge is 0.480 e. The van der Waals surface area contributed by atoms with E-state index in [9.17, 15) is 27.2 Å². The highest BCUT2D eigenvalue weighted by atomic mass is 19.4. The van der Waals surface area contributed by atoms with Crippen LogP contribution in [0.5, 0.6) is 5.75 Å². The molecule has 182 valence electrons. The third kappa shape index (κ3) is 5.62. The van der Waals surface area contributed by atoms with Crippen LogP contribution in [0.1, 0.15) is 40.4 Å². The van der Waals surface area contributed by atoms with E-state index < -0.39 is 29.6 Å². The Bertz CT molecular complexity index is 1240. The summed E-state index contributed by atoms with van der Waals surface area (Å²) in [6.07, 6.45) is -4.90. The molecule has 0 fully saturated rings. The lowest BCUT2D eigenvalue weighted by atomic mass is 10.1. The number of hydrogen-bond donors (Lipinski definition) is 1. The van der Waals surface area contributed by atoms with Gasteiger partial charge in [0.05, 0.1) is 5.56 Å². The second kappa shape index (κ2) is 9.77. The molecule has 0 radical (unpaired) electrons. The monoisotopic (exact) mass is 486 g/mol. The van der Waals surface area contributed by atoms with Crippen molar-refractivity contribution in [3.8, 4) is 5.75 Å². The van der Waals surface area contributed by atoms with Crippen molar-refractivity contribution in [2.75, 3.05) is 5.32 Å². The van der Waals surface area contributed by atoms with Crippen LogP contribution in [-0.2, 0) is 24.1 Å². The standard InChI is InChI=1S/C26H22F4N2O3/c1-2-22-25(34)32(14-16-4-3-5-19(12-16)26(28,29)30)15-18-13-21(10-11-23(18)35-22)31-24(33)17-6-8-20(27)9-7-17/h3-13,22H,2,14-15H2,1H3,(H,31,33)/t22-/m1/s1. The van der Waals surface area contributed by atoms with Crippen LogP contribution in [0.15, 0.2) is 66.7 Å². The van der Waals surface area contributed by atoms with Crippen LogP contribution in [0.3, 0.4) is 0 Å². The first-order valence-electron chi connectivity index (χ1n) is 11.0. The normalized spacial score (nSPS) is 15.7. The smallest absolute Gasteiger partial charge is 0.416 e. The summed E-state index contributed by atoms with van der Waals surface area (Å²) in [5.74, 6) is -0.780. The maximum Gasteiger partial charge on any atom is 0.416 e. The number of ether oxygens (including phenoxy) is 1. The van der Waals surface area contributed by atoms with E-state index >= 15 is 0 Å². The molecule has 1 aliphatic heterocycles. The molecule has 1 heterocycles. The Balaban J connectivity index is 1.59. The molecule has 9 heteroatoms. The first-order chi connectivity index (χ1) is 16.6. The van der Waals surface area contributed by atoms with Gasteiger partial charge in [0, 0.05) is 29.9 Å². The molecule has 0 spiro atoms. The van der Waals surface area contributed by atoms with Gasteiger partial charge in [-0.3, -0.25) is 9.59 Å². The lowest BCUT2D eigenvalue weighted by Crippen LogP contribution is -2.38.